The van der Waals surface area contributed by atoms with Gasteiger partial charge in [-0.05, 0) is 35.4 Å². The summed E-state index contributed by atoms with van der Waals surface area (Å²) in [6.45, 7) is -0.188. The number of nitrogens with two attached hydrogens (primary N) is 1. The topological polar surface area (TPSA) is 174 Å². The molecule has 2 saturated heterocycles. The Labute approximate surface area is 220 Å². The third-order valence-corrected chi connectivity index (χ3v) is 8.05. The Kier molecular flexibility index (Phi) is 7.59. The van der Waals surface area contributed by atoms with Gasteiger partial charge in [0.2, 0.25) is 11.8 Å². The number of hydrogen-bond acceptors (Lipinski definition) is 10. The summed E-state index contributed by atoms with van der Waals surface area (Å²) in [5.74, 6) is -1.64. The lowest BCUT2D eigenvalue weighted by Crippen LogP contribution is -2.75. The molecule has 2 aliphatic rings. The minimum atomic E-state index is -1.41. The number of halogens is 1. The van der Waals surface area contributed by atoms with Crippen molar-refractivity contribution in [2.24, 2.45) is 5.73 Å². The second-order valence-corrected chi connectivity index (χ2v) is 10.1. The Hall–Kier alpha value is -3.39. The first-order valence-corrected chi connectivity index (χ1v) is 12.4. The highest BCUT2D eigenvalue weighted by Crippen LogP contribution is 2.40. The number of fused-ring (bicyclic) bond motifs is 1. The van der Waals surface area contributed by atoms with Crippen molar-refractivity contribution >= 4 is 46.8 Å². The molecule has 0 saturated carbocycles. The highest BCUT2D eigenvalue weighted by atomic mass is 35.5. The number of carbonyl (C=O) groups is 3. The number of benzene rings is 2. The first kappa shape index (κ1) is 26.7. The number of nitrogens with zero attached hydrogens (tertiary/aromatic N) is 2. The van der Waals surface area contributed by atoms with Gasteiger partial charge in [0.25, 0.3) is 5.69 Å². The molecule has 2 aliphatic heterocycles. The molecule has 3 unspecified atom stereocenters. The average Bonchev–Trinajstić information content (AvgIpc) is 2.90. The number of nitro groups is 1. The maximum atomic E-state index is 12.9. The van der Waals surface area contributed by atoms with Gasteiger partial charge in [-0.2, -0.15) is 0 Å². The third-order valence-electron chi connectivity index (χ3n) is 6.25. The van der Waals surface area contributed by atoms with Gasteiger partial charge in [0.05, 0.1) is 16.5 Å². The van der Waals surface area contributed by atoms with Crippen molar-refractivity contribution in [2.75, 3.05) is 19.4 Å². The van der Waals surface area contributed by atoms with E-state index in [4.69, 9.17) is 26.8 Å². The zero-order chi connectivity index (χ0) is 26.9. The smallest absolute Gasteiger partial charge is 0.341 e. The lowest BCUT2D eigenvalue weighted by Gasteiger charge is -2.53. The van der Waals surface area contributed by atoms with E-state index in [0.717, 1.165) is 0 Å². The van der Waals surface area contributed by atoms with Gasteiger partial charge < -0.3 is 30.5 Å². The Morgan fingerprint density at radius 1 is 1.35 bits per heavy atom. The van der Waals surface area contributed by atoms with Crippen LogP contribution in [0, 0.1) is 10.1 Å². The first-order chi connectivity index (χ1) is 17.6. The zero-order valence-electron chi connectivity index (χ0n) is 19.5. The molecule has 0 bridgehead atoms. The van der Waals surface area contributed by atoms with E-state index in [-0.39, 0.29) is 35.4 Å². The van der Waals surface area contributed by atoms with Crippen LogP contribution < -0.4 is 11.1 Å². The van der Waals surface area contributed by atoms with Crippen molar-refractivity contribution in [1.82, 2.24) is 10.2 Å². The second-order valence-electron chi connectivity index (χ2n) is 8.54. The van der Waals surface area contributed by atoms with Gasteiger partial charge in [-0.1, -0.05) is 17.7 Å². The first-order valence-electron chi connectivity index (χ1n) is 11.0. The van der Waals surface area contributed by atoms with Gasteiger partial charge in [-0.15, -0.1) is 11.8 Å². The van der Waals surface area contributed by atoms with E-state index in [0.29, 0.717) is 11.1 Å². The van der Waals surface area contributed by atoms with Crippen molar-refractivity contribution in [3.8, 4) is 5.75 Å². The van der Waals surface area contributed by atoms with Crippen molar-refractivity contribution in [2.45, 2.75) is 29.7 Å². The highest BCUT2D eigenvalue weighted by Gasteiger charge is 2.58. The molecule has 2 amide bonds. The Morgan fingerprint density at radius 2 is 2.05 bits per heavy atom. The number of non-ortho nitro benzene ring substituents is 1. The summed E-state index contributed by atoms with van der Waals surface area (Å²) in [5, 5.41) is 22.6. The number of aromatic hydroxyl groups is 1. The fourth-order valence-electron chi connectivity index (χ4n) is 3.99. The third kappa shape index (κ3) is 5.21. The van der Waals surface area contributed by atoms with Crippen LogP contribution in [-0.2, 0) is 30.5 Å². The molecule has 2 aromatic carbocycles. The van der Waals surface area contributed by atoms with Crippen LogP contribution in [0.3, 0.4) is 0 Å². The summed E-state index contributed by atoms with van der Waals surface area (Å²) < 4.78 is 10.9. The summed E-state index contributed by atoms with van der Waals surface area (Å²) in [6, 6.07) is 7.81. The van der Waals surface area contributed by atoms with E-state index < -0.39 is 45.8 Å². The normalized spacial score (nSPS) is 23.4. The van der Waals surface area contributed by atoms with E-state index in [2.05, 4.69) is 5.32 Å². The molecule has 4 rings (SSSR count). The largest absolute Gasteiger partial charge is 0.506 e. The molecule has 14 heteroatoms. The van der Waals surface area contributed by atoms with Crippen molar-refractivity contribution in [3.63, 3.8) is 0 Å². The molecule has 196 valence electrons. The lowest BCUT2D eigenvalue weighted by molar-refractivity contribution is -0.384. The van der Waals surface area contributed by atoms with Crippen LogP contribution in [0.1, 0.15) is 17.2 Å². The summed E-state index contributed by atoms with van der Waals surface area (Å²) >= 11 is 7.15. The molecule has 2 aromatic rings. The number of nitro benzene ring substituents is 1. The Balaban J connectivity index is 1.35. The van der Waals surface area contributed by atoms with Gasteiger partial charge in [-0.3, -0.25) is 19.7 Å². The molecule has 12 nitrogen and oxygen atoms in total. The molecule has 4 N–H and O–H groups in total. The number of carbonyl (C=O) groups excluding carboxylic acids is 3. The maximum absolute atomic E-state index is 12.9. The van der Waals surface area contributed by atoms with E-state index in [1.54, 1.807) is 0 Å². The zero-order valence-corrected chi connectivity index (χ0v) is 21.0. The van der Waals surface area contributed by atoms with Crippen LogP contribution in [0.5, 0.6) is 5.75 Å². The monoisotopic (exact) mass is 550 g/mol. The number of rotatable bonds is 8. The average molecular weight is 551 g/mol. The van der Waals surface area contributed by atoms with Crippen LogP contribution in [0.25, 0.3) is 0 Å². The van der Waals surface area contributed by atoms with Crippen LogP contribution in [-0.4, -0.2) is 69.1 Å². The fourth-order valence-corrected chi connectivity index (χ4v) is 5.68. The molecule has 0 spiro atoms. The van der Waals surface area contributed by atoms with Gasteiger partial charge in [-0.25, -0.2) is 4.79 Å². The predicted octanol–water partition coefficient (Wildman–Crippen LogP) is 1.48. The Morgan fingerprint density at radius 3 is 2.68 bits per heavy atom. The quantitative estimate of drug-likeness (QED) is 0.189. The molecule has 2 heterocycles. The molecule has 4 atom stereocenters. The van der Waals surface area contributed by atoms with Gasteiger partial charge in [0.15, 0.2) is 5.60 Å². The minimum absolute atomic E-state index is 0.0471. The number of phenolic OH excluding ortho intramolecular Hbond substituents is 1. The second kappa shape index (κ2) is 10.5. The number of methoxy groups -OCH3 is 1. The van der Waals surface area contributed by atoms with Gasteiger partial charge in [0, 0.05) is 25.0 Å². The maximum Gasteiger partial charge on any atom is 0.341 e. The minimum Gasteiger partial charge on any atom is -0.506 e. The number of phenols is 1. The SMILES string of the molecule is COC1(C(=O)OCc2ccc([N+](=O)[O-])cc2)CS[C@@H]2C(NC(=O)C(N)c3ccc(O)c(Cl)c3)C(=O)N2C1. The molecule has 0 aromatic heterocycles. The van der Waals surface area contributed by atoms with Crippen LogP contribution >= 0.6 is 23.4 Å². The van der Waals surface area contributed by atoms with E-state index >= 15 is 0 Å². The Bertz CT molecular complexity index is 1250. The van der Waals surface area contributed by atoms with E-state index in [1.165, 1.54) is 66.2 Å². The molecular weight excluding hydrogens is 528 g/mol. The van der Waals surface area contributed by atoms with Crippen molar-refractivity contribution in [1.29, 1.82) is 0 Å². The fraction of sp³-hybridized carbons (Fsp3) is 0.348. The summed E-state index contributed by atoms with van der Waals surface area (Å²) in [6.07, 6.45) is 0. The summed E-state index contributed by atoms with van der Waals surface area (Å²) in [4.78, 5) is 50.1. The molecule has 2 fully saturated rings. The number of β-lactam (4-membered cyclic amide) rings is 1. The number of amides is 2. The van der Waals surface area contributed by atoms with E-state index in [1.807, 2.05) is 0 Å². The molecule has 0 radical (unpaired) electrons. The standard InChI is InChI=1S/C23H23ClN4O8S/c1-35-23(22(32)36-9-12-2-5-14(6-3-12)28(33)34)10-27-20(31)18(21(27)37-11-23)26-19(30)17(25)13-4-7-16(29)15(24)8-13/h2-8,17-18,21,29H,9-11,25H2,1H3,(H,26,30)/t17?,18?,21-,23?/m1/s1. The van der Waals surface area contributed by atoms with E-state index in [9.17, 15) is 29.6 Å². The van der Waals surface area contributed by atoms with Crippen molar-refractivity contribution in [3.05, 3.63) is 68.7 Å². The predicted molar refractivity (Wildman–Crippen MR) is 133 cm³/mol. The number of esters is 1. The molecule has 37 heavy (non-hydrogen) atoms. The summed E-state index contributed by atoms with van der Waals surface area (Å²) in [5.41, 5.74) is 5.44. The van der Waals surface area contributed by atoms with Gasteiger partial charge in [0.1, 0.15) is 29.8 Å². The number of ether oxygens (including phenoxy) is 2. The van der Waals surface area contributed by atoms with Gasteiger partial charge >= 0.3 is 5.97 Å². The summed E-state index contributed by atoms with van der Waals surface area (Å²) in [7, 11) is 1.35. The van der Waals surface area contributed by atoms with Crippen LogP contribution in [0.4, 0.5) is 5.69 Å². The number of hydrogen-bond donors (Lipinski definition) is 3. The number of thioether (sulfide) groups is 1. The lowest BCUT2D eigenvalue weighted by atomic mass is 9.98. The van der Waals surface area contributed by atoms with Crippen LogP contribution in [0.15, 0.2) is 42.5 Å². The van der Waals surface area contributed by atoms with Crippen LogP contribution in [0.2, 0.25) is 5.02 Å². The van der Waals surface area contributed by atoms with Crippen molar-refractivity contribution < 1.29 is 33.9 Å². The molecule has 0 aliphatic carbocycles. The number of nitrogens with one attached hydrogen (secondary N) is 1. The molecular formula is C23H23ClN4O8S. The highest BCUT2D eigenvalue weighted by molar-refractivity contribution is 8.00.